The highest BCUT2D eigenvalue weighted by Crippen LogP contribution is 2.27. The predicted molar refractivity (Wildman–Crippen MR) is 110 cm³/mol. The lowest BCUT2D eigenvalue weighted by Gasteiger charge is -2.36. The molecule has 1 atom stereocenters. The molecule has 1 aliphatic heterocycles. The summed E-state index contributed by atoms with van der Waals surface area (Å²) in [6, 6.07) is 12.6. The van der Waals surface area contributed by atoms with Gasteiger partial charge in [-0.05, 0) is 36.8 Å². The van der Waals surface area contributed by atoms with E-state index in [4.69, 9.17) is 23.2 Å². The Bertz CT molecular complexity index is 808. The molecule has 2 aromatic carbocycles. The molecule has 1 heterocycles. The molecular formula is C20H23Cl2N3O2. The maximum atomic E-state index is 12.4. The van der Waals surface area contributed by atoms with Crippen LogP contribution in [0.3, 0.4) is 0 Å². The summed E-state index contributed by atoms with van der Waals surface area (Å²) in [5, 5.41) is 14.0. The molecule has 2 N–H and O–H groups in total. The maximum Gasteiger partial charge on any atom is 0.234 e. The number of carbonyl (C=O) groups is 1. The van der Waals surface area contributed by atoms with Crippen LogP contribution in [0, 0.1) is 0 Å². The van der Waals surface area contributed by atoms with Crippen LogP contribution in [0.15, 0.2) is 42.5 Å². The molecule has 27 heavy (non-hydrogen) atoms. The summed E-state index contributed by atoms with van der Waals surface area (Å²) in [6.45, 7) is 5.35. The van der Waals surface area contributed by atoms with Crippen molar-refractivity contribution < 1.29 is 9.90 Å². The first-order valence-electron chi connectivity index (χ1n) is 8.93. The number of anilines is 1. The fourth-order valence-electron chi connectivity index (χ4n) is 3.23. The Kier molecular flexibility index (Phi) is 6.47. The first-order valence-corrected chi connectivity index (χ1v) is 9.69. The molecule has 144 valence electrons. The number of hydrogen-bond donors (Lipinski definition) is 2. The monoisotopic (exact) mass is 407 g/mol. The zero-order valence-corrected chi connectivity index (χ0v) is 16.7. The number of halogens is 2. The van der Waals surface area contributed by atoms with E-state index in [1.165, 1.54) is 0 Å². The van der Waals surface area contributed by atoms with Gasteiger partial charge in [0, 0.05) is 26.2 Å². The second-order valence-electron chi connectivity index (χ2n) is 6.71. The van der Waals surface area contributed by atoms with E-state index < -0.39 is 0 Å². The molecule has 5 nitrogen and oxygen atoms in total. The molecule has 0 aliphatic carbocycles. The molecule has 1 fully saturated rings. The number of carbonyl (C=O) groups excluding carboxylic acids is 1. The molecule has 0 unspecified atom stereocenters. The van der Waals surface area contributed by atoms with Crippen LogP contribution in [-0.2, 0) is 4.79 Å². The van der Waals surface area contributed by atoms with Gasteiger partial charge in [0.1, 0.15) is 5.75 Å². The summed E-state index contributed by atoms with van der Waals surface area (Å²) in [5.41, 5.74) is 1.76. The van der Waals surface area contributed by atoms with Crippen LogP contribution in [0.2, 0.25) is 10.0 Å². The summed E-state index contributed by atoms with van der Waals surface area (Å²) in [5.74, 6) is 0.267. The Labute approximate surface area is 169 Å². The standard InChI is InChI=1S/C20H23Cl2N3O2/c1-14(15-6-7-16(21)17(22)12-15)23-20(27)13-24-8-10-25(11-9-24)18-4-2-3-5-19(18)26/h2-7,12,14,26H,8-11,13H2,1H3,(H,23,27)/t14-/m0/s1. The van der Waals surface area contributed by atoms with Gasteiger partial charge in [-0.2, -0.15) is 0 Å². The van der Waals surface area contributed by atoms with Crippen molar-refractivity contribution >= 4 is 34.8 Å². The molecule has 0 bridgehead atoms. The number of nitrogens with zero attached hydrogens (tertiary/aromatic N) is 2. The third-order valence-electron chi connectivity index (χ3n) is 4.78. The number of phenols is 1. The van der Waals surface area contributed by atoms with Gasteiger partial charge in [-0.15, -0.1) is 0 Å². The second-order valence-corrected chi connectivity index (χ2v) is 7.53. The number of hydrogen-bond acceptors (Lipinski definition) is 4. The van der Waals surface area contributed by atoms with Crippen LogP contribution in [0.5, 0.6) is 5.75 Å². The quantitative estimate of drug-likeness (QED) is 0.793. The smallest absolute Gasteiger partial charge is 0.234 e. The molecule has 0 saturated carbocycles. The number of rotatable bonds is 5. The summed E-state index contributed by atoms with van der Waals surface area (Å²) in [7, 11) is 0. The Morgan fingerprint density at radius 1 is 1.11 bits per heavy atom. The van der Waals surface area contributed by atoms with E-state index in [2.05, 4.69) is 15.1 Å². The van der Waals surface area contributed by atoms with Gasteiger partial charge in [-0.25, -0.2) is 0 Å². The zero-order chi connectivity index (χ0) is 19.4. The van der Waals surface area contributed by atoms with Gasteiger partial charge in [0.2, 0.25) is 5.91 Å². The van der Waals surface area contributed by atoms with Gasteiger partial charge in [0.15, 0.2) is 0 Å². The third kappa shape index (κ3) is 5.06. The van der Waals surface area contributed by atoms with Gasteiger partial charge in [-0.3, -0.25) is 9.69 Å². The largest absolute Gasteiger partial charge is 0.506 e. The van der Waals surface area contributed by atoms with Crippen LogP contribution in [0.4, 0.5) is 5.69 Å². The second kappa shape index (κ2) is 8.83. The van der Waals surface area contributed by atoms with Crippen LogP contribution in [0.1, 0.15) is 18.5 Å². The molecular weight excluding hydrogens is 385 g/mol. The van der Waals surface area contributed by atoms with E-state index in [1.54, 1.807) is 18.2 Å². The average Bonchev–Trinajstić information content (AvgIpc) is 2.65. The van der Waals surface area contributed by atoms with E-state index in [9.17, 15) is 9.90 Å². The van der Waals surface area contributed by atoms with Crippen molar-refractivity contribution in [3.8, 4) is 5.75 Å². The number of amides is 1. The van der Waals surface area contributed by atoms with Crippen molar-refractivity contribution in [2.45, 2.75) is 13.0 Å². The number of benzene rings is 2. The molecule has 7 heteroatoms. The van der Waals surface area contributed by atoms with E-state index in [-0.39, 0.29) is 11.9 Å². The number of nitrogens with one attached hydrogen (secondary N) is 1. The van der Waals surface area contributed by atoms with Crippen molar-refractivity contribution in [2.24, 2.45) is 0 Å². The van der Waals surface area contributed by atoms with Gasteiger partial charge in [0.25, 0.3) is 0 Å². The maximum absolute atomic E-state index is 12.4. The lowest BCUT2D eigenvalue weighted by molar-refractivity contribution is -0.123. The topological polar surface area (TPSA) is 55.8 Å². The molecule has 1 amide bonds. The molecule has 0 aromatic heterocycles. The van der Waals surface area contributed by atoms with Gasteiger partial charge < -0.3 is 15.3 Å². The fourth-order valence-corrected chi connectivity index (χ4v) is 3.54. The third-order valence-corrected chi connectivity index (χ3v) is 5.52. The van der Waals surface area contributed by atoms with Crippen molar-refractivity contribution in [1.29, 1.82) is 0 Å². The molecule has 1 aliphatic rings. The molecule has 2 aromatic rings. The normalized spacial score (nSPS) is 16.2. The minimum atomic E-state index is -0.144. The lowest BCUT2D eigenvalue weighted by Crippen LogP contribution is -2.49. The minimum Gasteiger partial charge on any atom is -0.506 e. The molecule has 0 radical (unpaired) electrons. The predicted octanol–water partition coefficient (Wildman–Crippen LogP) is 3.70. The average molecular weight is 408 g/mol. The summed E-state index contributed by atoms with van der Waals surface area (Å²) in [6.07, 6.45) is 0. The Morgan fingerprint density at radius 3 is 2.48 bits per heavy atom. The number of phenolic OH excluding ortho intramolecular Hbond substituents is 1. The summed E-state index contributed by atoms with van der Waals surface area (Å²) in [4.78, 5) is 16.6. The van der Waals surface area contributed by atoms with Crippen LogP contribution in [-0.4, -0.2) is 48.6 Å². The first-order chi connectivity index (χ1) is 12.9. The SMILES string of the molecule is C[C@H](NC(=O)CN1CCN(c2ccccc2O)CC1)c1ccc(Cl)c(Cl)c1. The van der Waals surface area contributed by atoms with E-state index in [0.717, 1.165) is 37.4 Å². The molecule has 1 saturated heterocycles. The highest BCUT2D eigenvalue weighted by molar-refractivity contribution is 6.42. The Hall–Kier alpha value is -1.95. The van der Waals surface area contributed by atoms with Crippen molar-refractivity contribution in [3.05, 3.63) is 58.1 Å². The van der Waals surface area contributed by atoms with Crippen molar-refractivity contribution in [2.75, 3.05) is 37.6 Å². The van der Waals surface area contributed by atoms with E-state index >= 15 is 0 Å². The fraction of sp³-hybridized carbons (Fsp3) is 0.350. The Morgan fingerprint density at radius 2 is 1.81 bits per heavy atom. The number of piperazine rings is 1. The lowest BCUT2D eigenvalue weighted by atomic mass is 10.1. The van der Waals surface area contributed by atoms with Crippen LogP contribution in [0.25, 0.3) is 0 Å². The number of para-hydroxylation sites is 2. The molecule has 0 spiro atoms. The zero-order valence-electron chi connectivity index (χ0n) is 15.2. The van der Waals surface area contributed by atoms with Crippen LogP contribution < -0.4 is 10.2 Å². The highest BCUT2D eigenvalue weighted by atomic mass is 35.5. The first kappa shape index (κ1) is 19.8. The van der Waals surface area contributed by atoms with Crippen molar-refractivity contribution in [3.63, 3.8) is 0 Å². The van der Waals surface area contributed by atoms with Gasteiger partial charge in [-0.1, -0.05) is 41.4 Å². The Balaban J connectivity index is 1.49. The van der Waals surface area contributed by atoms with Crippen molar-refractivity contribution in [1.82, 2.24) is 10.2 Å². The van der Waals surface area contributed by atoms with Gasteiger partial charge >= 0.3 is 0 Å². The minimum absolute atomic E-state index is 0.0235. The van der Waals surface area contributed by atoms with E-state index in [1.807, 2.05) is 31.2 Å². The van der Waals surface area contributed by atoms with E-state index in [0.29, 0.717) is 22.3 Å². The summed E-state index contributed by atoms with van der Waals surface area (Å²) >= 11 is 12.0. The molecule has 3 rings (SSSR count). The highest BCUT2D eigenvalue weighted by Gasteiger charge is 2.21. The van der Waals surface area contributed by atoms with Gasteiger partial charge in [0.05, 0.1) is 28.3 Å². The van der Waals surface area contributed by atoms with Crippen LogP contribution >= 0.6 is 23.2 Å². The number of aromatic hydroxyl groups is 1. The summed E-state index contributed by atoms with van der Waals surface area (Å²) < 4.78 is 0.